The number of nitrogens with one attached hydrogen (secondary N) is 2. The lowest BCUT2D eigenvalue weighted by atomic mass is 9.89. The van der Waals surface area contributed by atoms with E-state index in [0.717, 1.165) is 33.7 Å². The summed E-state index contributed by atoms with van der Waals surface area (Å²) in [6.07, 6.45) is 0. The molecular formula is C18H17N3O. The van der Waals surface area contributed by atoms with Gasteiger partial charge in [-0.05, 0) is 41.8 Å². The summed E-state index contributed by atoms with van der Waals surface area (Å²) >= 11 is 0. The Bertz CT molecular complexity index is 846. The Kier molecular flexibility index (Phi) is 2.79. The molecular weight excluding hydrogens is 274 g/mol. The van der Waals surface area contributed by atoms with Gasteiger partial charge in [0.05, 0.1) is 17.0 Å². The van der Waals surface area contributed by atoms with Crippen LogP contribution in [-0.4, -0.2) is 15.9 Å². The molecule has 0 saturated carbocycles. The summed E-state index contributed by atoms with van der Waals surface area (Å²) in [4.78, 5) is 20.1. The highest BCUT2D eigenvalue weighted by Gasteiger charge is 2.33. The fourth-order valence-corrected chi connectivity index (χ4v) is 3.18. The first-order valence-corrected chi connectivity index (χ1v) is 7.53. The van der Waals surface area contributed by atoms with Crippen LogP contribution in [0.4, 0.5) is 5.69 Å². The van der Waals surface area contributed by atoms with Gasteiger partial charge in [0.25, 0.3) is 0 Å². The second-order valence-corrected chi connectivity index (χ2v) is 6.12. The van der Waals surface area contributed by atoms with Gasteiger partial charge in [-0.25, -0.2) is 4.98 Å². The lowest BCUT2D eigenvalue weighted by Gasteiger charge is -2.13. The fourth-order valence-electron chi connectivity index (χ4n) is 3.18. The van der Waals surface area contributed by atoms with Gasteiger partial charge in [-0.15, -0.1) is 0 Å². The molecule has 2 heterocycles. The molecule has 1 amide bonds. The van der Waals surface area contributed by atoms with E-state index in [2.05, 4.69) is 35.2 Å². The number of amides is 1. The standard InChI is InChI=1S/C18H17N3O/c1-10(2)16-12-9-11(7-8-13(12)21-18(16)22)17-19-14-5-3-4-6-15(14)20-17/h3-10,16H,1-2H3,(H,19,20)(H,21,22). The molecule has 22 heavy (non-hydrogen) atoms. The molecule has 110 valence electrons. The second kappa shape index (κ2) is 4.70. The number of nitrogens with zero attached hydrogens (tertiary/aromatic N) is 1. The van der Waals surface area contributed by atoms with Gasteiger partial charge in [-0.1, -0.05) is 26.0 Å². The third-order valence-corrected chi connectivity index (χ3v) is 4.26. The number of benzene rings is 2. The Morgan fingerprint density at radius 1 is 1.14 bits per heavy atom. The van der Waals surface area contributed by atoms with Crippen molar-refractivity contribution in [2.75, 3.05) is 5.32 Å². The quantitative estimate of drug-likeness (QED) is 0.751. The van der Waals surface area contributed by atoms with Crippen LogP contribution in [0.2, 0.25) is 0 Å². The maximum atomic E-state index is 12.1. The van der Waals surface area contributed by atoms with Crippen LogP contribution in [0, 0.1) is 5.92 Å². The number of fused-ring (bicyclic) bond motifs is 2. The van der Waals surface area contributed by atoms with Crippen molar-refractivity contribution in [2.24, 2.45) is 5.92 Å². The number of carbonyl (C=O) groups is 1. The molecule has 1 aromatic heterocycles. The van der Waals surface area contributed by atoms with Crippen molar-refractivity contribution in [1.29, 1.82) is 0 Å². The van der Waals surface area contributed by atoms with Gasteiger partial charge in [-0.2, -0.15) is 0 Å². The van der Waals surface area contributed by atoms with Gasteiger partial charge < -0.3 is 10.3 Å². The molecule has 0 bridgehead atoms. The number of para-hydroxylation sites is 2. The van der Waals surface area contributed by atoms with Crippen molar-refractivity contribution in [2.45, 2.75) is 19.8 Å². The summed E-state index contributed by atoms with van der Waals surface area (Å²) in [6.45, 7) is 4.15. The zero-order chi connectivity index (χ0) is 15.3. The predicted octanol–water partition coefficient (Wildman–Crippen LogP) is 3.92. The Hall–Kier alpha value is -2.62. The van der Waals surface area contributed by atoms with E-state index in [1.54, 1.807) is 0 Å². The summed E-state index contributed by atoms with van der Waals surface area (Å²) in [7, 11) is 0. The molecule has 2 N–H and O–H groups in total. The molecule has 0 spiro atoms. The van der Waals surface area contributed by atoms with Crippen LogP contribution in [-0.2, 0) is 4.79 Å². The molecule has 1 unspecified atom stereocenters. The number of imidazole rings is 1. The van der Waals surface area contributed by atoms with Crippen LogP contribution in [0.3, 0.4) is 0 Å². The van der Waals surface area contributed by atoms with E-state index in [9.17, 15) is 4.79 Å². The second-order valence-electron chi connectivity index (χ2n) is 6.12. The number of aromatic amines is 1. The van der Waals surface area contributed by atoms with Crippen molar-refractivity contribution >= 4 is 22.6 Å². The van der Waals surface area contributed by atoms with E-state index in [4.69, 9.17) is 0 Å². The van der Waals surface area contributed by atoms with E-state index in [1.807, 2.05) is 36.4 Å². The Labute approximate surface area is 128 Å². The van der Waals surface area contributed by atoms with Crippen LogP contribution in [0.1, 0.15) is 25.3 Å². The largest absolute Gasteiger partial charge is 0.338 e. The van der Waals surface area contributed by atoms with Gasteiger partial charge in [0, 0.05) is 11.3 Å². The summed E-state index contributed by atoms with van der Waals surface area (Å²) in [5, 5.41) is 2.96. The van der Waals surface area contributed by atoms with Gasteiger partial charge in [0.15, 0.2) is 0 Å². The van der Waals surface area contributed by atoms with Crippen molar-refractivity contribution in [3.05, 3.63) is 48.0 Å². The molecule has 4 heteroatoms. The highest BCUT2D eigenvalue weighted by molar-refractivity contribution is 6.03. The van der Waals surface area contributed by atoms with E-state index in [0.29, 0.717) is 0 Å². The third kappa shape index (κ3) is 1.91. The van der Waals surface area contributed by atoms with E-state index in [1.165, 1.54) is 0 Å². The number of hydrogen-bond donors (Lipinski definition) is 2. The van der Waals surface area contributed by atoms with Crippen LogP contribution < -0.4 is 5.32 Å². The molecule has 0 saturated heterocycles. The minimum absolute atomic E-state index is 0.0840. The molecule has 4 nitrogen and oxygen atoms in total. The minimum Gasteiger partial charge on any atom is -0.338 e. The zero-order valence-corrected chi connectivity index (χ0v) is 12.6. The van der Waals surface area contributed by atoms with E-state index >= 15 is 0 Å². The maximum Gasteiger partial charge on any atom is 0.232 e. The van der Waals surface area contributed by atoms with Gasteiger partial charge >= 0.3 is 0 Å². The maximum absolute atomic E-state index is 12.1. The Balaban J connectivity index is 1.83. The molecule has 0 fully saturated rings. The summed E-state index contributed by atoms with van der Waals surface area (Å²) in [5.74, 6) is 1.11. The van der Waals surface area contributed by atoms with Crippen LogP contribution in [0.15, 0.2) is 42.5 Å². The van der Waals surface area contributed by atoms with E-state index in [-0.39, 0.29) is 17.7 Å². The number of aromatic nitrogens is 2. The Morgan fingerprint density at radius 3 is 2.73 bits per heavy atom. The van der Waals surface area contributed by atoms with Crippen molar-refractivity contribution in [1.82, 2.24) is 9.97 Å². The highest BCUT2D eigenvalue weighted by atomic mass is 16.2. The molecule has 2 aromatic carbocycles. The summed E-state index contributed by atoms with van der Waals surface area (Å²) < 4.78 is 0. The topological polar surface area (TPSA) is 57.8 Å². The average Bonchev–Trinajstić information content (AvgIpc) is 3.05. The Morgan fingerprint density at radius 2 is 1.95 bits per heavy atom. The molecule has 3 aromatic rings. The molecule has 4 rings (SSSR count). The van der Waals surface area contributed by atoms with Gasteiger partial charge in [-0.3, -0.25) is 4.79 Å². The van der Waals surface area contributed by atoms with Crippen molar-refractivity contribution in [3.8, 4) is 11.4 Å². The summed E-state index contributed by atoms with van der Waals surface area (Å²) in [5.41, 5.74) is 4.97. The summed E-state index contributed by atoms with van der Waals surface area (Å²) in [6, 6.07) is 14.0. The number of rotatable bonds is 2. The fraction of sp³-hybridized carbons (Fsp3) is 0.222. The first kappa shape index (κ1) is 13.1. The van der Waals surface area contributed by atoms with Crippen LogP contribution >= 0.6 is 0 Å². The number of hydrogen-bond acceptors (Lipinski definition) is 2. The number of H-pyrrole nitrogens is 1. The molecule has 1 atom stereocenters. The van der Waals surface area contributed by atoms with Gasteiger partial charge in [0.1, 0.15) is 5.82 Å². The normalized spacial score (nSPS) is 17.0. The molecule has 1 aliphatic heterocycles. The van der Waals surface area contributed by atoms with Crippen LogP contribution in [0.25, 0.3) is 22.4 Å². The first-order valence-electron chi connectivity index (χ1n) is 7.53. The zero-order valence-electron chi connectivity index (χ0n) is 12.6. The lowest BCUT2D eigenvalue weighted by Crippen LogP contribution is -2.16. The van der Waals surface area contributed by atoms with Crippen LogP contribution in [0.5, 0.6) is 0 Å². The van der Waals surface area contributed by atoms with Gasteiger partial charge in [0.2, 0.25) is 5.91 Å². The lowest BCUT2D eigenvalue weighted by molar-refractivity contribution is -0.117. The van der Waals surface area contributed by atoms with Crippen molar-refractivity contribution in [3.63, 3.8) is 0 Å². The van der Waals surface area contributed by atoms with E-state index < -0.39 is 0 Å². The molecule has 1 aliphatic rings. The number of anilines is 1. The SMILES string of the molecule is CC(C)C1C(=O)Nc2ccc(-c3nc4ccccc4[nH]3)cc21. The average molecular weight is 291 g/mol. The monoisotopic (exact) mass is 291 g/mol. The predicted molar refractivity (Wildman–Crippen MR) is 87.7 cm³/mol. The van der Waals surface area contributed by atoms with Crippen molar-refractivity contribution < 1.29 is 4.79 Å². The smallest absolute Gasteiger partial charge is 0.232 e. The minimum atomic E-state index is -0.0840. The first-order chi connectivity index (χ1) is 10.6. The third-order valence-electron chi connectivity index (χ3n) is 4.26. The molecule has 0 radical (unpaired) electrons. The number of carbonyl (C=O) groups excluding carboxylic acids is 1. The molecule has 0 aliphatic carbocycles. The highest BCUT2D eigenvalue weighted by Crippen LogP contribution is 2.39.